The smallest absolute Gasteiger partial charge is 0.259 e. The molecule has 6 rings (SSSR count). The number of benzene rings is 2. The standard InChI is InChI=1S/C20H24N4O4S.C19H27N3O4S/c1-12-8-15(9-13(2)22-12)19(25)23-20(3,4)11-28-16-7-5-6-14-10-29(26,27)24-18(21)17(14)16;1-13(2)9-17(23)22-8-4-5-14(10-22)11-26-16-7-3-6-15-12-27(24,25)21-19(20)18(15)16/h5-9H,10-11H2,1-4H3,(H2,21,24)(H,23,25);3,6-7,13-14H,4-5,8-12H2,1-2H3,(H2,20,21)/t;14-/m.0/s1. The number of aryl methyl sites for hydroxylation is 2. The van der Waals surface area contributed by atoms with Gasteiger partial charge in [0.05, 0.1) is 34.8 Å². The lowest BCUT2D eigenvalue weighted by Gasteiger charge is -2.33. The number of carbonyl (C=O) groups excluding carboxylic acids is 2. The number of nitrogens with zero attached hydrogens (tertiary/aromatic N) is 4. The van der Waals surface area contributed by atoms with Crippen molar-refractivity contribution >= 4 is 43.5 Å². The summed E-state index contributed by atoms with van der Waals surface area (Å²) >= 11 is 0. The van der Waals surface area contributed by atoms with E-state index in [1.165, 1.54) is 0 Å². The van der Waals surface area contributed by atoms with Gasteiger partial charge in [0.2, 0.25) is 5.91 Å². The molecule has 0 spiro atoms. The average Bonchev–Trinajstić information content (AvgIpc) is 3.08. The third kappa shape index (κ3) is 11.1. The Balaban J connectivity index is 0.000000215. The molecule has 2 amide bonds. The number of nitrogens with two attached hydrogens (primary N) is 2. The van der Waals surface area contributed by atoms with Crippen molar-refractivity contribution < 1.29 is 35.9 Å². The molecule has 3 aliphatic heterocycles. The maximum Gasteiger partial charge on any atom is 0.259 e. The Kier molecular flexibility index (Phi) is 12.8. The van der Waals surface area contributed by atoms with Gasteiger partial charge in [-0.1, -0.05) is 38.1 Å². The summed E-state index contributed by atoms with van der Waals surface area (Å²) in [6, 6.07) is 13.8. The number of amides is 2. The Hall–Kier alpha value is -5.03. The van der Waals surface area contributed by atoms with Gasteiger partial charge in [-0.25, -0.2) is 16.8 Å². The molecule has 302 valence electrons. The van der Waals surface area contributed by atoms with E-state index in [9.17, 15) is 26.4 Å². The number of fused-ring (bicyclic) bond motifs is 2. The predicted octanol–water partition coefficient (Wildman–Crippen LogP) is 3.73. The first-order chi connectivity index (χ1) is 26.2. The molecule has 1 atom stereocenters. The number of sulfonamides is 2. The molecule has 1 aromatic heterocycles. The van der Waals surface area contributed by atoms with Gasteiger partial charge in [-0.05, 0) is 81.8 Å². The molecule has 3 aliphatic rings. The number of ether oxygens (including phenoxy) is 2. The van der Waals surface area contributed by atoms with E-state index in [0.717, 1.165) is 30.8 Å². The summed E-state index contributed by atoms with van der Waals surface area (Å²) in [6.07, 6.45) is 2.53. The number of carbonyl (C=O) groups is 2. The van der Waals surface area contributed by atoms with Crippen LogP contribution in [0.25, 0.3) is 0 Å². The number of rotatable bonds is 10. The van der Waals surface area contributed by atoms with Crippen molar-refractivity contribution in [3.8, 4) is 11.5 Å². The van der Waals surface area contributed by atoms with Crippen molar-refractivity contribution in [3.63, 3.8) is 0 Å². The second-order valence-corrected chi connectivity index (χ2v) is 18.8. The topological polar surface area (TPSA) is 226 Å². The minimum absolute atomic E-state index is 0.0239. The van der Waals surface area contributed by atoms with Gasteiger partial charge in [-0.15, -0.1) is 8.80 Å². The van der Waals surface area contributed by atoms with Gasteiger partial charge in [0.15, 0.2) is 0 Å². The van der Waals surface area contributed by atoms with Crippen LogP contribution in [0.1, 0.15) is 91.0 Å². The lowest BCUT2D eigenvalue weighted by molar-refractivity contribution is -0.134. The first kappa shape index (κ1) is 42.1. The minimum atomic E-state index is -3.61. The van der Waals surface area contributed by atoms with E-state index >= 15 is 0 Å². The Bertz CT molecular complexity index is 2250. The monoisotopic (exact) mass is 809 g/mol. The molecule has 0 unspecified atom stereocenters. The molecule has 1 fully saturated rings. The van der Waals surface area contributed by atoms with Crippen molar-refractivity contribution in [1.82, 2.24) is 15.2 Å². The molecule has 1 saturated heterocycles. The van der Waals surface area contributed by atoms with Crippen molar-refractivity contribution in [2.45, 2.75) is 77.8 Å². The van der Waals surface area contributed by atoms with Gasteiger partial charge >= 0.3 is 0 Å². The summed E-state index contributed by atoms with van der Waals surface area (Å²) in [4.78, 5) is 31.2. The van der Waals surface area contributed by atoms with E-state index in [4.69, 9.17) is 20.9 Å². The fraction of sp³-hybridized carbons (Fsp3) is 0.462. The van der Waals surface area contributed by atoms with E-state index in [-0.39, 0.29) is 47.5 Å². The second kappa shape index (κ2) is 17.0. The predicted molar refractivity (Wildman–Crippen MR) is 215 cm³/mol. The largest absolute Gasteiger partial charge is 0.492 e. The van der Waals surface area contributed by atoms with Gasteiger partial charge in [-0.2, -0.15) is 0 Å². The van der Waals surface area contributed by atoms with Crippen LogP contribution in [0.2, 0.25) is 0 Å². The zero-order valence-corrected chi connectivity index (χ0v) is 34.3. The molecule has 0 bridgehead atoms. The number of pyridine rings is 1. The highest BCUT2D eigenvalue weighted by Crippen LogP contribution is 2.30. The highest BCUT2D eigenvalue weighted by atomic mass is 32.2. The third-order valence-electron chi connectivity index (χ3n) is 9.20. The molecular weight excluding hydrogens is 759 g/mol. The molecule has 2 aromatic carbocycles. The number of piperidine rings is 1. The molecule has 0 saturated carbocycles. The van der Waals surface area contributed by atoms with Crippen LogP contribution in [0.3, 0.4) is 0 Å². The molecule has 5 N–H and O–H groups in total. The van der Waals surface area contributed by atoms with Crippen molar-refractivity contribution in [3.05, 3.63) is 87.7 Å². The normalized spacial score (nSPS) is 18.3. The Morgan fingerprint density at radius 2 is 1.43 bits per heavy atom. The zero-order chi connectivity index (χ0) is 41.0. The van der Waals surface area contributed by atoms with Gasteiger partial charge in [0, 0.05) is 42.4 Å². The molecular formula is C39H51N7O8S2. The third-order valence-corrected chi connectivity index (χ3v) is 11.5. The number of nitrogens with one attached hydrogen (secondary N) is 1. The van der Waals surface area contributed by atoms with Crippen LogP contribution in [-0.2, 0) is 36.3 Å². The summed E-state index contributed by atoms with van der Waals surface area (Å²) in [7, 11) is -7.17. The van der Waals surface area contributed by atoms with Crippen molar-refractivity contribution in [2.24, 2.45) is 32.1 Å². The Labute approximate surface area is 329 Å². The van der Waals surface area contributed by atoms with Gasteiger partial charge in [0.25, 0.3) is 26.0 Å². The van der Waals surface area contributed by atoms with Gasteiger partial charge in [-0.3, -0.25) is 14.6 Å². The average molecular weight is 810 g/mol. The van der Waals surface area contributed by atoms with Crippen LogP contribution in [-0.4, -0.2) is 82.0 Å². The van der Waals surface area contributed by atoms with Crippen LogP contribution >= 0.6 is 0 Å². The van der Waals surface area contributed by atoms with Crippen LogP contribution in [0.15, 0.2) is 57.3 Å². The molecule has 0 radical (unpaired) electrons. The first-order valence-corrected chi connectivity index (χ1v) is 21.6. The first-order valence-electron chi connectivity index (χ1n) is 18.4. The minimum Gasteiger partial charge on any atom is -0.492 e. The van der Waals surface area contributed by atoms with Crippen LogP contribution in [0.4, 0.5) is 0 Å². The zero-order valence-electron chi connectivity index (χ0n) is 32.7. The van der Waals surface area contributed by atoms with Crippen molar-refractivity contribution in [1.29, 1.82) is 0 Å². The van der Waals surface area contributed by atoms with Gasteiger partial charge < -0.3 is 31.2 Å². The number of aromatic nitrogens is 1. The van der Waals surface area contributed by atoms with E-state index in [1.54, 1.807) is 48.5 Å². The van der Waals surface area contributed by atoms with E-state index in [0.29, 0.717) is 64.8 Å². The quantitative estimate of drug-likeness (QED) is 0.267. The maximum absolute atomic E-state index is 12.6. The Morgan fingerprint density at radius 3 is 1.96 bits per heavy atom. The van der Waals surface area contributed by atoms with E-state index < -0.39 is 25.6 Å². The number of hydrogen-bond acceptors (Lipinski definition) is 11. The molecule has 15 nitrogen and oxygen atoms in total. The van der Waals surface area contributed by atoms with E-state index in [2.05, 4.69) is 19.1 Å². The summed E-state index contributed by atoms with van der Waals surface area (Å²) < 4.78 is 66.2. The summed E-state index contributed by atoms with van der Waals surface area (Å²) in [5, 5.41) is 2.95. The fourth-order valence-electron chi connectivity index (χ4n) is 6.82. The molecule has 4 heterocycles. The highest BCUT2D eigenvalue weighted by molar-refractivity contribution is 7.89. The van der Waals surface area contributed by atoms with Crippen LogP contribution < -0.4 is 26.3 Å². The van der Waals surface area contributed by atoms with Gasteiger partial charge in [0.1, 0.15) is 29.8 Å². The summed E-state index contributed by atoms with van der Waals surface area (Å²) in [5.74, 6) is 1.05. The molecule has 56 heavy (non-hydrogen) atoms. The highest BCUT2D eigenvalue weighted by Gasteiger charge is 2.29. The van der Waals surface area contributed by atoms with E-state index in [1.807, 2.05) is 46.4 Å². The molecule has 17 heteroatoms. The van der Waals surface area contributed by atoms with Crippen molar-refractivity contribution in [2.75, 3.05) is 26.3 Å². The summed E-state index contributed by atoms with van der Waals surface area (Å²) in [6.45, 7) is 13.6. The lowest BCUT2D eigenvalue weighted by atomic mass is 9.97. The second-order valence-electron chi connectivity index (χ2n) is 15.5. The van der Waals surface area contributed by atoms with Crippen LogP contribution in [0.5, 0.6) is 11.5 Å². The molecule has 0 aliphatic carbocycles. The summed E-state index contributed by atoms with van der Waals surface area (Å²) in [5.41, 5.74) is 15.3. The van der Waals surface area contributed by atoms with Crippen LogP contribution in [0, 0.1) is 25.7 Å². The lowest BCUT2D eigenvalue weighted by Crippen LogP contribution is -2.48. The number of amidine groups is 2. The fourth-order valence-corrected chi connectivity index (χ4v) is 9.00. The molecule has 3 aromatic rings. The maximum atomic E-state index is 12.6. The Morgan fingerprint density at radius 1 is 0.893 bits per heavy atom. The number of likely N-dealkylation sites (tertiary alicyclic amines) is 1. The SMILES string of the molecule is CC(C)CC(=O)N1CCC[C@H](COc2cccc3c2C(N)=NS(=O)(=O)C3)C1.Cc1cc(C(=O)NC(C)(C)COc2cccc3c2C(N)=NS(=O)(=O)C3)cc(C)n1. The number of hydrogen-bond donors (Lipinski definition) is 3.